The molecule has 0 unspecified atom stereocenters. The van der Waals surface area contributed by atoms with Gasteiger partial charge in [-0.15, -0.1) is 0 Å². The van der Waals surface area contributed by atoms with Gasteiger partial charge in [-0.25, -0.2) is 13.2 Å². The molecule has 0 saturated heterocycles. The molecule has 6 heteroatoms. The highest BCUT2D eigenvalue weighted by molar-refractivity contribution is 7.91. The van der Waals surface area contributed by atoms with Crippen LogP contribution in [0.4, 0.5) is 5.69 Å². The second-order valence-electron chi connectivity index (χ2n) is 3.88. The number of sulfone groups is 1. The van der Waals surface area contributed by atoms with E-state index in [9.17, 15) is 13.2 Å². The molecule has 0 bridgehead atoms. The number of carbonyl (C=O) groups is 1. The summed E-state index contributed by atoms with van der Waals surface area (Å²) in [7, 11) is -3.90. The first kappa shape index (κ1) is 13.1. The van der Waals surface area contributed by atoms with Gasteiger partial charge in [0, 0.05) is 5.69 Å². The molecule has 0 amide bonds. The van der Waals surface area contributed by atoms with Crippen molar-refractivity contribution in [2.75, 3.05) is 5.73 Å². The Morgan fingerprint density at radius 2 is 1.68 bits per heavy atom. The molecule has 2 rings (SSSR count). The van der Waals surface area contributed by atoms with Crippen LogP contribution in [0.15, 0.2) is 58.3 Å². The maximum absolute atomic E-state index is 12.4. The number of anilines is 1. The van der Waals surface area contributed by atoms with Crippen LogP contribution < -0.4 is 5.73 Å². The Balaban J connectivity index is 2.71. The van der Waals surface area contributed by atoms with E-state index in [1.54, 1.807) is 18.2 Å². The van der Waals surface area contributed by atoms with Crippen LogP contribution in [0.3, 0.4) is 0 Å². The first-order valence-corrected chi connectivity index (χ1v) is 6.84. The van der Waals surface area contributed by atoms with Crippen molar-refractivity contribution in [2.24, 2.45) is 0 Å². The molecule has 3 N–H and O–H groups in total. The van der Waals surface area contributed by atoms with Crippen molar-refractivity contribution in [3.05, 3.63) is 54.1 Å². The summed E-state index contributed by atoms with van der Waals surface area (Å²) >= 11 is 0. The van der Waals surface area contributed by atoms with Crippen molar-refractivity contribution in [3.8, 4) is 0 Å². The second kappa shape index (κ2) is 4.74. The molecule has 19 heavy (non-hydrogen) atoms. The van der Waals surface area contributed by atoms with Gasteiger partial charge in [-0.2, -0.15) is 0 Å². The molecule has 0 aliphatic carbocycles. The molecular formula is C13H11NO4S. The third kappa shape index (κ3) is 2.43. The molecule has 0 radical (unpaired) electrons. The van der Waals surface area contributed by atoms with Crippen molar-refractivity contribution >= 4 is 21.5 Å². The summed E-state index contributed by atoms with van der Waals surface area (Å²) in [5, 5.41) is 9.06. The maximum Gasteiger partial charge on any atom is 0.337 e. The van der Waals surface area contributed by atoms with Gasteiger partial charge in [-0.3, -0.25) is 0 Å². The van der Waals surface area contributed by atoms with Crippen molar-refractivity contribution < 1.29 is 18.3 Å². The summed E-state index contributed by atoms with van der Waals surface area (Å²) in [5.74, 6) is -1.31. The number of aromatic carboxylic acids is 1. The number of nitrogens with two attached hydrogens (primary N) is 1. The van der Waals surface area contributed by atoms with Crippen molar-refractivity contribution in [2.45, 2.75) is 9.79 Å². The number of carboxylic acid groups (broad SMARTS) is 1. The van der Waals surface area contributed by atoms with E-state index >= 15 is 0 Å². The van der Waals surface area contributed by atoms with Crippen LogP contribution in [0.1, 0.15) is 10.4 Å². The Bertz CT molecular complexity index is 724. The van der Waals surface area contributed by atoms with E-state index < -0.39 is 15.8 Å². The molecule has 0 spiro atoms. The van der Waals surface area contributed by atoms with Gasteiger partial charge in [-0.05, 0) is 30.3 Å². The normalized spacial score (nSPS) is 11.2. The van der Waals surface area contributed by atoms with Crippen LogP contribution in [0, 0.1) is 0 Å². The minimum Gasteiger partial charge on any atom is -0.478 e. The maximum atomic E-state index is 12.4. The van der Waals surface area contributed by atoms with Crippen LogP contribution >= 0.6 is 0 Å². The zero-order valence-electron chi connectivity index (χ0n) is 9.78. The largest absolute Gasteiger partial charge is 0.478 e. The fraction of sp³-hybridized carbons (Fsp3) is 0. The summed E-state index contributed by atoms with van der Waals surface area (Å²) in [4.78, 5) is 10.8. The van der Waals surface area contributed by atoms with Crippen LogP contribution in [0.25, 0.3) is 0 Å². The zero-order chi connectivity index (χ0) is 14.0. The Morgan fingerprint density at radius 3 is 2.26 bits per heavy atom. The third-order valence-electron chi connectivity index (χ3n) is 2.58. The van der Waals surface area contributed by atoms with Crippen LogP contribution in [0.2, 0.25) is 0 Å². The molecule has 98 valence electrons. The lowest BCUT2D eigenvalue weighted by Crippen LogP contribution is -2.10. The summed E-state index contributed by atoms with van der Waals surface area (Å²) in [5.41, 5.74) is 5.45. The molecule has 0 fully saturated rings. The number of nitrogen functional groups attached to an aromatic ring is 1. The predicted octanol–water partition coefficient (Wildman–Crippen LogP) is 1.80. The average Bonchev–Trinajstić information content (AvgIpc) is 2.39. The van der Waals surface area contributed by atoms with Crippen LogP contribution in [-0.4, -0.2) is 19.5 Å². The lowest BCUT2D eigenvalue weighted by Gasteiger charge is -2.08. The van der Waals surface area contributed by atoms with E-state index in [1.165, 1.54) is 24.3 Å². The molecular weight excluding hydrogens is 266 g/mol. The molecule has 5 nitrogen and oxygen atoms in total. The number of hydrogen-bond donors (Lipinski definition) is 2. The van der Waals surface area contributed by atoms with E-state index in [0.717, 1.165) is 6.07 Å². The van der Waals surface area contributed by atoms with Gasteiger partial charge in [0.25, 0.3) is 0 Å². The van der Waals surface area contributed by atoms with Crippen LogP contribution in [0.5, 0.6) is 0 Å². The number of rotatable bonds is 3. The van der Waals surface area contributed by atoms with Gasteiger partial charge in [-0.1, -0.05) is 18.2 Å². The van der Waals surface area contributed by atoms with Crippen LogP contribution in [-0.2, 0) is 9.84 Å². The molecule has 0 saturated carbocycles. The predicted molar refractivity (Wildman–Crippen MR) is 69.7 cm³/mol. The number of benzene rings is 2. The minimum atomic E-state index is -3.90. The molecule has 2 aromatic carbocycles. The first-order chi connectivity index (χ1) is 8.93. The second-order valence-corrected chi connectivity index (χ2v) is 5.80. The van der Waals surface area contributed by atoms with Crippen molar-refractivity contribution in [1.29, 1.82) is 0 Å². The van der Waals surface area contributed by atoms with Gasteiger partial charge in [0.1, 0.15) is 0 Å². The molecule has 0 aromatic heterocycles. The van der Waals surface area contributed by atoms with Crippen molar-refractivity contribution in [3.63, 3.8) is 0 Å². The van der Waals surface area contributed by atoms with E-state index in [0.29, 0.717) is 0 Å². The number of carboxylic acids is 1. The van der Waals surface area contributed by atoms with Gasteiger partial charge >= 0.3 is 5.97 Å². The zero-order valence-corrected chi connectivity index (χ0v) is 10.6. The number of hydrogen-bond acceptors (Lipinski definition) is 4. The Labute approximate surface area is 110 Å². The lowest BCUT2D eigenvalue weighted by atomic mass is 10.2. The lowest BCUT2D eigenvalue weighted by molar-refractivity contribution is 0.0692. The van der Waals surface area contributed by atoms with E-state index in [4.69, 9.17) is 10.8 Å². The molecule has 0 atom stereocenters. The first-order valence-electron chi connectivity index (χ1n) is 5.36. The molecule has 0 aliphatic heterocycles. The summed E-state index contributed by atoms with van der Waals surface area (Å²) < 4.78 is 24.8. The van der Waals surface area contributed by atoms with Gasteiger partial charge in [0.2, 0.25) is 9.84 Å². The highest BCUT2D eigenvalue weighted by Gasteiger charge is 2.24. The Hall–Kier alpha value is -2.34. The summed E-state index contributed by atoms with van der Waals surface area (Å²) in [6, 6.07) is 11.3. The smallest absolute Gasteiger partial charge is 0.337 e. The third-order valence-corrected chi connectivity index (χ3v) is 4.39. The highest BCUT2D eigenvalue weighted by atomic mass is 32.2. The van der Waals surface area contributed by atoms with Gasteiger partial charge < -0.3 is 10.8 Å². The fourth-order valence-electron chi connectivity index (χ4n) is 1.66. The molecule has 0 aliphatic rings. The monoisotopic (exact) mass is 277 g/mol. The fourth-order valence-corrected chi connectivity index (χ4v) is 3.17. The Kier molecular flexibility index (Phi) is 3.26. The topological polar surface area (TPSA) is 97.5 Å². The molecule has 2 aromatic rings. The quantitative estimate of drug-likeness (QED) is 0.834. The molecule has 0 heterocycles. The van der Waals surface area contributed by atoms with Gasteiger partial charge in [0.05, 0.1) is 15.4 Å². The average molecular weight is 277 g/mol. The standard InChI is InChI=1S/C13H11NO4S/c14-9-6-7-11(13(15)16)12(8-9)19(17,18)10-4-2-1-3-5-10/h1-8H,14H2,(H,15,16). The van der Waals surface area contributed by atoms with Crippen molar-refractivity contribution in [1.82, 2.24) is 0 Å². The van der Waals surface area contributed by atoms with E-state index in [2.05, 4.69) is 0 Å². The minimum absolute atomic E-state index is 0.0306. The van der Waals surface area contributed by atoms with Gasteiger partial charge in [0.15, 0.2) is 0 Å². The summed E-state index contributed by atoms with van der Waals surface area (Å²) in [6.07, 6.45) is 0. The Morgan fingerprint density at radius 1 is 1.05 bits per heavy atom. The van der Waals surface area contributed by atoms with E-state index in [-0.39, 0.29) is 21.0 Å². The SMILES string of the molecule is Nc1ccc(C(=O)O)c(S(=O)(=O)c2ccccc2)c1. The van der Waals surface area contributed by atoms with E-state index in [1.807, 2.05) is 0 Å². The summed E-state index contributed by atoms with van der Waals surface area (Å²) in [6.45, 7) is 0. The highest BCUT2D eigenvalue weighted by Crippen LogP contribution is 2.26.